The van der Waals surface area contributed by atoms with Crippen LogP contribution in [0.5, 0.6) is 0 Å². The van der Waals surface area contributed by atoms with Crippen LogP contribution in [-0.4, -0.2) is 55.6 Å². The van der Waals surface area contributed by atoms with E-state index in [4.69, 9.17) is 4.74 Å². The van der Waals surface area contributed by atoms with Crippen molar-refractivity contribution in [1.82, 2.24) is 24.6 Å². The molecule has 2 aromatic heterocycles. The molecule has 3 aromatic rings. The third-order valence-corrected chi connectivity index (χ3v) is 5.16. The Labute approximate surface area is 165 Å². The molecule has 0 unspecified atom stereocenters. The number of cyclic esters (lactones) is 1. The first kappa shape index (κ1) is 18.2. The lowest BCUT2D eigenvalue weighted by atomic mass is 10.2. The third kappa shape index (κ3) is 3.89. The van der Waals surface area contributed by atoms with Crippen LogP contribution in [0.15, 0.2) is 60.0 Å². The molecule has 0 atom stereocenters. The fourth-order valence-electron chi connectivity index (χ4n) is 2.84. The van der Waals surface area contributed by atoms with Crippen LogP contribution in [0.3, 0.4) is 0 Å². The molecule has 8 nitrogen and oxygen atoms in total. The Kier molecular flexibility index (Phi) is 5.34. The summed E-state index contributed by atoms with van der Waals surface area (Å²) in [5.74, 6) is 0.451. The largest absolute Gasteiger partial charge is 0.447 e. The van der Waals surface area contributed by atoms with Crippen LogP contribution in [0.2, 0.25) is 0 Å². The molecule has 0 spiro atoms. The molecule has 0 aliphatic carbocycles. The maximum Gasteiger partial charge on any atom is 0.416 e. The number of amides is 2. The van der Waals surface area contributed by atoms with Crippen molar-refractivity contribution in [2.75, 3.05) is 18.9 Å². The first-order chi connectivity index (χ1) is 13.7. The molecule has 1 saturated heterocycles. The number of carbonyl (C=O) groups is 2. The number of aromatic nitrogens is 4. The van der Waals surface area contributed by atoms with Crippen molar-refractivity contribution in [1.29, 1.82) is 0 Å². The minimum Gasteiger partial charge on any atom is -0.447 e. The first-order valence-corrected chi connectivity index (χ1v) is 9.68. The van der Waals surface area contributed by atoms with Gasteiger partial charge >= 0.3 is 6.09 Å². The molecule has 4 rings (SSSR count). The number of rotatable bonds is 6. The standard InChI is InChI=1S/C19H17N5O3S/c25-16(23-9-10-27-19(23)26)13-28-18-22-21-17(15-7-4-8-20-11-15)24(18)12-14-5-2-1-3-6-14/h1-8,11H,9-10,12-13H2. The van der Waals surface area contributed by atoms with E-state index < -0.39 is 6.09 Å². The lowest BCUT2D eigenvalue weighted by Crippen LogP contribution is -2.33. The summed E-state index contributed by atoms with van der Waals surface area (Å²) in [5, 5.41) is 9.18. The van der Waals surface area contributed by atoms with E-state index in [9.17, 15) is 9.59 Å². The van der Waals surface area contributed by atoms with E-state index in [0.717, 1.165) is 16.0 Å². The second-order valence-corrected chi connectivity index (χ2v) is 7.01. The molecule has 2 amide bonds. The van der Waals surface area contributed by atoms with Gasteiger partial charge < -0.3 is 4.74 Å². The van der Waals surface area contributed by atoms with Gasteiger partial charge in [0.1, 0.15) is 6.61 Å². The molecule has 9 heteroatoms. The number of hydrogen-bond donors (Lipinski definition) is 0. The molecule has 0 saturated carbocycles. The molecular weight excluding hydrogens is 378 g/mol. The Morgan fingerprint density at radius 1 is 1.14 bits per heavy atom. The zero-order valence-electron chi connectivity index (χ0n) is 14.9. The predicted octanol–water partition coefficient (Wildman–Crippen LogP) is 2.46. The van der Waals surface area contributed by atoms with Gasteiger partial charge in [0.05, 0.1) is 18.8 Å². The van der Waals surface area contributed by atoms with Crippen molar-refractivity contribution >= 4 is 23.8 Å². The molecule has 142 valence electrons. The summed E-state index contributed by atoms with van der Waals surface area (Å²) >= 11 is 1.25. The lowest BCUT2D eigenvalue weighted by molar-refractivity contribution is -0.125. The van der Waals surface area contributed by atoms with Gasteiger partial charge in [-0.15, -0.1) is 10.2 Å². The van der Waals surface area contributed by atoms with Crippen molar-refractivity contribution < 1.29 is 14.3 Å². The van der Waals surface area contributed by atoms with E-state index in [1.54, 1.807) is 12.4 Å². The van der Waals surface area contributed by atoms with E-state index in [1.807, 2.05) is 47.0 Å². The summed E-state index contributed by atoms with van der Waals surface area (Å²) in [6, 6.07) is 13.7. The highest BCUT2D eigenvalue weighted by Crippen LogP contribution is 2.25. The number of nitrogens with zero attached hydrogens (tertiary/aromatic N) is 5. The van der Waals surface area contributed by atoms with Crippen molar-refractivity contribution in [3.63, 3.8) is 0 Å². The summed E-state index contributed by atoms with van der Waals surface area (Å²) in [7, 11) is 0. The minimum absolute atomic E-state index is 0.0784. The van der Waals surface area contributed by atoms with Crippen molar-refractivity contribution in [2.45, 2.75) is 11.7 Å². The average Bonchev–Trinajstić information content (AvgIpc) is 3.34. The number of benzene rings is 1. The number of carbonyl (C=O) groups excluding carboxylic acids is 2. The highest BCUT2D eigenvalue weighted by molar-refractivity contribution is 7.99. The maximum atomic E-state index is 12.3. The highest BCUT2D eigenvalue weighted by Gasteiger charge is 2.28. The molecule has 1 fully saturated rings. The number of imide groups is 1. The molecule has 28 heavy (non-hydrogen) atoms. The number of ether oxygens (including phenoxy) is 1. The fourth-order valence-corrected chi connectivity index (χ4v) is 3.65. The van der Waals surface area contributed by atoms with Crippen molar-refractivity contribution in [2.24, 2.45) is 0 Å². The Hall–Kier alpha value is -3.20. The van der Waals surface area contributed by atoms with Gasteiger partial charge in [-0.2, -0.15) is 0 Å². The van der Waals surface area contributed by atoms with Crippen LogP contribution in [0.4, 0.5) is 4.79 Å². The maximum absolute atomic E-state index is 12.3. The Morgan fingerprint density at radius 2 is 2.00 bits per heavy atom. The second kappa shape index (κ2) is 8.22. The van der Waals surface area contributed by atoms with Crippen molar-refractivity contribution in [3.8, 4) is 11.4 Å². The molecule has 3 heterocycles. The van der Waals surface area contributed by atoms with Gasteiger partial charge in [0.25, 0.3) is 0 Å². The van der Waals surface area contributed by atoms with Crippen molar-refractivity contribution in [3.05, 3.63) is 60.4 Å². The van der Waals surface area contributed by atoms with Gasteiger partial charge in [-0.25, -0.2) is 9.69 Å². The molecule has 1 aromatic carbocycles. The number of thioether (sulfide) groups is 1. The summed E-state index contributed by atoms with van der Waals surface area (Å²) in [5.41, 5.74) is 1.93. The van der Waals surface area contributed by atoms with Gasteiger partial charge in [-0.05, 0) is 17.7 Å². The normalized spacial score (nSPS) is 13.6. The topological polar surface area (TPSA) is 90.2 Å². The molecule has 0 N–H and O–H groups in total. The van der Waals surface area contributed by atoms with Gasteiger partial charge in [0.15, 0.2) is 11.0 Å². The highest BCUT2D eigenvalue weighted by atomic mass is 32.2. The number of pyridine rings is 1. The zero-order valence-corrected chi connectivity index (χ0v) is 15.7. The van der Waals surface area contributed by atoms with Crippen LogP contribution >= 0.6 is 11.8 Å². The summed E-state index contributed by atoms with van der Waals surface area (Å²) in [4.78, 5) is 29.1. The van der Waals surface area contributed by atoms with Gasteiger partial charge in [-0.3, -0.25) is 14.3 Å². The van der Waals surface area contributed by atoms with Gasteiger partial charge in [0.2, 0.25) is 5.91 Å². The minimum atomic E-state index is -0.590. The van der Waals surface area contributed by atoms with Crippen LogP contribution in [-0.2, 0) is 16.1 Å². The van der Waals surface area contributed by atoms with E-state index >= 15 is 0 Å². The SMILES string of the molecule is O=C(CSc1nnc(-c2cccnc2)n1Cc1ccccc1)N1CCOC1=O. The van der Waals surface area contributed by atoms with Gasteiger partial charge in [0, 0.05) is 18.0 Å². The van der Waals surface area contributed by atoms with Crippen LogP contribution in [0.1, 0.15) is 5.56 Å². The molecule has 1 aliphatic rings. The monoisotopic (exact) mass is 395 g/mol. The summed E-state index contributed by atoms with van der Waals surface area (Å²) < 4.78 is 6.77. The summed E-state index contributed by atoms with van der Waals surface area (Å²) in [6.45, 7) is 1.08. The molecule has 0 radical (unpaired) electrons. The first-order valence-electron chi connectivity index (χ1n) is 8.70. The molecular formula is C19H17N5O3S. The van der Waals surface area contributed by atoms with Crippen LogP contribution in [0.25, 0.3) is 11.4 Å². The lowest BCUT2D eigenvalue weighted by Gasteiger charge is -2.12. The summed E-state index contributed by atoms with van der Waals surface area (Å²) in [6.07, 6.45) is 2.84. The van der Waals surface area contributed by atoms with Gasteiger partial charge in [-0.1, -0.05) is 42.1 Å². The van der Waals surface area contributed by atoms with Crippen LogP contribution in [0, 0.1) is 0 Å². The van der Waals surface area contributed by atoms with E-state index in [1.165, 1.54) is 11.8 Å². The van der Waals surface area contributed by atoms with E-state index in [-0.39, 0.29) is 24.8 Å². The quantitative estimate of drug-likeness (QED) is 0.592. The second-order valence-electron chi connectivity index (χ2n) is 6.07. The fraction of sp³-hybridized carbons (Fsp3) is 0.211. The molecule has 0 bridgehead atoms. The predicted molar refractivity (Wildman–Crippen MR) is 103 cm³/mol. The zero-order chi connectivity index (χ0) is 19.3. The van der Waals surface area contributed by atoms with E-state index in [2.05, 4.69) is 15.2 Å². The Morgan fingerprint density at radius 3 is 2.71 bits per heavy atom. The Bertz CT molecular complexity index is 978. The Balaban J connectivity index is 1.58. The third-order valence-electron chi connectivity index (χ3n) is 4.21. The average molecular weight is 395 g/mol. The van der Waals surface area contributed by atoms with Crippen LogP contribution < -0.4 is 0 Å². The molecule has 1 aliphatic heterocycles. The smallest absolute Gasteiger partial charge is 0.416 e. The number of hydrogen-bond acceptors (Lipinski definition) is 7. The van der Waals surface area contributed by atoms with E-state index in [0.29, 0.717) is 17.5 Å².